The highest BCUT2D eigenvalue weighted by Gasteiger charge is 2.24. The van der Waals surface area contributed by atoms with Crippen LogP contribution in [0.2, 0.25) is 0 Å². The van der Waals surface area contributed by atoms with E-state index in [-0.39, 0.29) is 17.3 Å². The number of nitrogen functional groups attached to an aromatic ring is 1. The number of anilines is 1. The standard InChI is InChI=1S/C11H19BrN4O3S/c1-16(5-3-2-4-6-17)20(18,19)10-7-9(12)8-14-11(10)15-13/h7-8,17H,2-6,13H2,1H3,(H,14,15). The zero-order valence-electron chi connectivity index (χ0n) is 11.2. The molecule has 0 unspecified atom stereocenters. The number of aliphatic hydroxyl groups excluding tert-OH is 1. The van der Waals surface area contributed by atoms with E-state index in [1.165, 1.54) is 23.6 Å². The Hall–Kier alpha value is -0.740. The molecule has 0 aliphatic rings. The first kappa shape index (κ1) is 17.3. The molecule has 0 atom stereocenters. The molecule has 0 saturated carbocycles. The first-order valence-electron chi connectivity index (χ1n) is 6.13. The number of rotatable bonds is 8. The number of aliphatic hydroxyl groups is 1. The van der Waals surface area contributed by atoms with Gasteiger partial charge in [-0.2, -0.15) is 0 Å². The molecule has 0 amide bonds. The Morgan fingerprint density at radius 3 is 2.75 bits per heavy atom. The van der Waals surface area contributed by atoms with Crippen LogP contribution in [-0.2, 0) is 10.0 Å². The van der Waals surface area contributed by atoms with Crippen LogP contribution >= 0.6 is 15.9 Å². The lowest BCUT2D eigenvalue weighted by atomic mass is 10.2. The first-order valence-corrected chi connectivity index (χ1v) is 8.36. The summed E-state index contributed by atoms with van der Waals surface area (Å²) < 4.78 is 26.7. The van der Waals surface area contributed by atoms with Crippen molar-refractivity contribution in [3.05, 3.63) is 16.7 Å². The number of sulfonamides is 1. The number of hydrogen-bond acceptors (Lipinski definition) is 6. The highest BCUT2D eigenvalue weighted by Crippen LogP contribution is 2.25. The molecule has 0 aliphatic carbocycles. The van der Waals surface area contributed by atoms with Gasteiger partial charge in [-0.05, 0) is 41.3 Å². The fraction of sp³-hybridized carbons (Fsp3) is 0.545. The normalized spacial score (nSPS) is 11.8. The van der Waals surface area contributed by atoms with Gasteiger partial charge in [-0.25, -0.2) is 23.5 Å². The van der Waals surface area contributed by atoms with Gasteiger partial charge >= 0.3 is 0 Å². The monoisotopic (exact) mass is 366 g/mol. The average Bonchev–Trinajstić information content (AvgIpc) is 2.43. The summed E-state index contributed by atoms with van der Waals surface area (Å²) in [5.74, 6) is 5.41. The van der Waals surface area contributed by atoms with Crippen LogP contribution in [0.3, 0.4) is 0 Å². The van der Waals surface area contributed by atoms with E-state index in [0.29, 0.717) is 23.9 Å². The van der Waals surface area contributed by atoms with E-state index in [1.807, 2.05) is 0 Å². The summed E-state index contributed by atoms with van der Waals surface area (Å²) in [6, 6.07) is 1.46. The maximum absolute atomic E-state index is 12.4. The molecule has 1 aromatic rings. The fourth-order valence-corrected chi connectivity index (χ4v) is 3.46. The van der Waals surface area contributed by atoms with Gasteiger partial charge in [0.05, 0.1) is 0 Å². The van der Waals surface area contributed by atoms with Gasteiger partial charge in [-0.3, -0.25) is 0 Å². The molecule has 0 bridgehead atoms. The van der Waals surface area contributed by atoms with E-state index in [2.05, 4.69) is 26.3 Å². The quantitative estimate of drug-likeness (QED) is 0.358. The number of nitrogens with two attached hydrogens (primary N) is 1. The number of hydrazine groups is 1. The van der Waals surface area contributed by atoms with Crippen LogP contribution in [0.5, 0.6) is 0 Å². The molecular weight excluding hydrogens is 348 g/mol. The van der Waals surface area contributed by atoms with Crippen LogP contribution in [-0.4, -0.2) is 43.0 Å². The Labute approximate surface area is 127 Å². The van der Waals surface area contributed by atoms with Crippen molar-refractivity contribution in [1.82, 2.24) is 9.29 Å². The van der Waals surface area contributed by atoms with Crippen LogP contribution < -0.4 is 11.3 Å². The smallest absolute Gasteiger partial charge is 0.246 e. The maximum atomic E-state index is 12.4. The van der Waals surface area contributed by atoms with Crippen molar-refractivity contribution in [2.75, 3.05) is 25.6 Å². The molecule has 1 aromatic heterocycles. The third-order valence-electron chi connectivity index (χ3n) is 2.78. The van der Waals surface area contributed by atoms with Gasteiger partial charge in [-0.15, -0.1) is 0 Å². The minimum Gasteiger partial charge on any atom is -0.396 e. The van der Waals surface area contributed by atoms with Gasteiger partial charge in [0.15, 0.2) is 5.82 Å². The van der Waals surface area contributed by atoms with Gasteiger partial charge in [0.1, 0.15) is 4.90 Å². The summed E-state index contributed by atoms with van der Waals surface area (Å²) in [7, 11) is -2.15. The number of nitrogens with one attached hydrogen (secondary N) is 1. The van der Waals surface area contributed by atoms with E-state index in [0.717, 1.165) is 6.42 Å². The molecule has 114 valence electrons. The maximum Gasteiger partial charge on any atom is 0.246 e. The van der Waals surface area contributed by atoms with Gasteiger partial charge in [0, 0.05) is 30.9 Å². The molecule has 1 rings (SSSR count). The summed E-state index contributed by atoms with van der Waals surface area (Å²) in [5, 5.41) is 8.70. The molecule has 0 fully saturated rings. The summed E-state index contributed by atoms with van der Waals surface area (Å²) in [5.41, 5.74) is 2.29. The van der Waals surface area contributed by atoms with Crippen molar-refractivity contribution in [3.63, 3.8) is 0 Å². The molecular formula is C11H19BrN4O3S. The SMILES string of the molecule is CN(CCCCCO)S(=O)(=O)c1cc(Br)cnc1NN. The number of hydrogen-bond donors (Lipinski definition) is 3. The van der Waals surface area contributed by atoms with Crippen molar-refractivity contribution >= 4 is 31.8 Å². The van der Waals surface area contributed by atoms with Gasteiger partial charge < -0.3 is 10.5 Å². The van der Waals surface area contributed by atoms with Crippen LogP contribution in [0.25, 0.3) is 0 Å². The van der Waals surface area contributed by atoms with E-state index in [1.54, 1.807) is 0 Å². The molecule has 0 aliphatic heterocycles. The van der Waals surface area contributed by atoms with Crippen molar-refractivity contribution in [1.29, 1.82) is 0 Å². The summed E-state index contributed by atoms with van der Waals surface area (Å²) in [4.78, 5) is 3.96. The third-order valence-corrected chi connectivity index (χ3v) is 5.08. The van der Waals surface area contributed by atoms with Crippen molar-refractivity contribution < 1.29 is 13.5 Å². The Kier molecular flexibility index (Phi) is 6.83. The molecule has 7 nitrogen and oxygen atoms in total. The molecule has 0 saturated heterocycles. The molecule has 0 aromatic carbocycles. The Balaban J connectivity index is 2.89. The number of unbranched alkanes of at least 4 members (excludes halogenated alkanes) is 2. The highest BCUT2D eigenvalue weighted by atomic mass is 79.9. The zero-order valence-corrected chi connectivity index (χ0v) is 13.6. The minimum atomic E-state index is -3.66. The van der Waals surface area contributed by atoms with E-state index in [9.17, 15) is 8.42 Å². The lowest BCUT2D eigenvalue weighted by Crippen LogP contribution is -2.29. The molecule has 0 radical (unpaired) electrons. The van der Waals surface area contributed by atoms with Crippen LogP contribution in [0.15, 0.2) is 21.6 Å². The van der Waals surface area contributed by atoms with E-state index < -0.39 is 10.0 Å². The minimum absolute atomic E-state index is 0.0269. The number of nitrogens with zero attached hydrogens (tertiary/aromatic N) is 2. The number of aromatic nitrogens is 1. The van der Waals surface area contributed by atoms with Gasteiger partial charge in [-0.1, -0.05) is 0 Å². The second-order valence-electron chi connectivity index (χ2n) is 4.26. The van der Waals surface area contributed by atoms with E-state index >= 15 is 0 Å². The second kappa shape index (κ2) is 7.89. The number of halogens is 1. The molecule has 4 N–H and O–H groups in total. The lowest BCUT2D eigenvalue weighted by Gasteiger charge is -2.18. The van der Waals surface area contributed by atoms with Crippen molar-refractivity contribution in [2.45, 2.75) is 24.2 Å². The topological polar surface area (TPSA) is 109 Å². The van der Waals surface area contributed by atoms with E-state index in [4.69, 9.17) is 10.9 Å². The van der Waals surface area contributed by atoms with Crippen molar-refractivity contribution in [2.24, 2.45) is 5.84 Å². The summed E-state index contributed by atoms with van der Waals surface area (Å²) in [6.07, 6.45) is 3.59. The Morgan fingerprint density at radius 2 is 2.15 bits per heavy atom. The third kappa shape index (κ3) is 4.38. The van der Waals surface area contributed by atoms with Crippen molar-refractivity contribution in [3.8, 4) is 0 Å². The lowest BCUT2D eigenvalue weighted by molar-refractivity contribution is 0.281. The predicted molar refractivity (Wildman–Crippen MR) is 80.5 cm³/mol. The molecule has 20 heavy (non-hydrogen) atoms. The van der Waals surface area contributed by atoms with Crippen LogP contribution in [0.4, 0.5) is 5.82 Å². The Morgan fingerprint density at radius 1 is 1.45 bits per heavy atom. The van der Waals surface area contributed by atoms with Crippen LogP contribution in [0, 0.1) is 0 Å². The molecule has 9 heteroatoms. The van der Waals surface area contributed by atoms with Gasteiger partial charge in [0.25, 0.3) is 0 Å². The highest BCUT2D eigenvalue weighted by molar-refractivity contribution is 9.10. The Bertz CT molecular complexity index is 538. The molecule has 1 heterocycles. The summed E-state index contributed by atoms with van der Waals surface area (Å²) >= 11 is 3.20. The second-order valence-corrected chi connectivity index (χ2v) is 7.18. The first-order chi connectivity index (χ1) is 9.43. The predicted octanol–water partition coefficient (Wildman–Crippen LogP) is 0.913. The fourth-order valence-electron chi connectivity index (χ4n) is 1.64. The van der Waals surface area contributed by atoms with Crippen LogP contribution in [0.1, 0.15) is 19.3 Å². The largest absolute Gasteiger partial charge is 0.396 e. The average molecular weight is 367 g/mol. The molecule has 0 spiro atoms. The van der Waals surface area contributed by atoms with Gasteiger partial charge in [0.2, 0.25) is 10.0 Å². The summed E-state index contributed by atoms with van der Waals surface area (Å²) in [6.45, 7) is 0.492. The number of pyridine rings is 1. The zero-order chi connectivity index (χ0) is 15.2.